The zero-order valence-corrected chi connectivity index (χ0v) is 17.3. The lowest BCUT2D eigenvalue weighted by molar-refractivity contribution is 0.0928. The molecule has 0 bridgehead atoms. The minimum Gasteiger partial charge on any atom is -0.350 e. The molecular weight excluding hydrogens is 364 g/mol. The first-order valence-electron chi connectivity index (χ1n) is 9.81. The molecule has 2 aromatic carbocycles. The Morgan fingerprint density at radius 2 is 1.89 bits per heavy atom. The number of nitrogens with zero attached hydrogens (tertiary/aromatic N) is 1. The van der Waals surface area contributed by atoms with Gasteiger partial charge in [-0.15, -0.1) is 11.3 Å². The third-order valence-electron chi connectivity index (χ3n) is 5.70. The quantitative estimate of drug-likeness (QED) is 0.672. The van der Waals surface area contributed by atoms with Gasteiger partial charge in [0.05, 0.1) is 6.04 Å². The zero-order valence-electron chi connectivity index (χ0n) is 16.4. The standard InChI is InChI=1S/C24H26N2OS/c1-17-9-10-20(14-18(17)2)24(27)25-15-22(23-8-5-13-28-23)26-12-11-19-6-3-4-7-21(19)16-26/h3-10,13-14,22H,11-12,15-16H2,1-2H3,(H,25,27). The van der Waals surface area contributed by atoms with Crippen molar-refractivity contribution in [2.24, 2.45) is 0 Å². The second kappa shape index (κ2) is 8.29. The van der Waals surface area contributed by atoms with E-state index in [1.807, 2.05) is 25.1 Å². The molecule has 4 rings (SSSR count). The van der Waals surface area contributed by atoms with Gasteiger partial charge in [0.1, 0.15) is 0 Å². The van der Waals surface area contributed by atoms with Gasteiger partial charge in [-0.05, 0) is 66.1 Å². The lowest BCUT2D eigenvalue weighted by atomic mass is 9.98. The van der Waals surface area contributed by atoms with E-state index in [4.69, 9.17) is 0 Å². The Bertz CT molecular complexity index is 964. The smallest absolute Gasteiger partial charge is 0.251 e. The van der Waals surface area contributed by atoms with Crippen LogP contribution in [0.3, 0.4) is 0 Å². The van der Waals surface area contributed by atoms with Gasteiger partial charge < -0.3 is 5.32 Å². The summed E-state index contributed by atoms with van der Waals surface area (Å²) in [6.45, 7) is 6.68. The molecule has 2 heterocycles. The van der Waals surface area contributed by atoms with Crippen molar-refractivity contribution < 1.29 is 4.79 Å². The number of hydrogen-bond acceptors (Lipinski definition) is 3. The fraction of sp³-hybridized carbons (Fsp3) is 0.292. The maximum atomic E-state index is 12.7. The topological polar surface area (TPSA) is 32.3 Å². The van der Waals surface area contributed by atoms with Gasteiger partial charge in [-0.1, -0.05) is 36.4 Å². The lowest BCUT2D eigenvalue weighted by Gasteiger charge is -2.35. The van der Waals surface area contributed by atoms with E-state index in [9.17, 15) is 4.79 Å². The monoisotopic (exact) mass is 390 g/mol. The largest absolute Gasteiger partial charge is 0.350 e. The third kappa shape index (κ3) is 4.03. The van der Waals surface area contributed by atoms with E-state index in [1.165, 1.54) is 21.6 Å². The fourth-order valence-electron chi connectivity index (χ4n) is 3.85. The maximum absolute atomic E-state index is 12.7. The van der Waals surface area contributed by atoms with Gasteiger partial charge in [0.2, 0.25) is 0 Å². The predicted octanol–water partition coefficient (Wildman–Crippen LogP) is 4.89. The number of carbonyl (C=O) groups is 1. The molecule has 144 valence electrons. The van der Waals surface area contributed by atoms with Crippen molar-refractivity contribution in [2.45, 2.75) is 32.9 Å². The first-order valence-corrected chi connectivity index (χ1v) is 10.7. The Hall–Kier alpha value is -2.43. The van der Waals surface area contributed by atoms with E-state index in [0.29, 0.717) is 6.54 Å². The van der Waals surface area contributed by atoms with Crippen LogP contribution in [0.25, 0.3) is 0 Å². The molecule has 1 aromatic heterocycles. The van der Waals surface area contributed by atoms with Crippen LogP contribution < -0.4 is 5.32 Å². The van der Waals surface area contributed by atoms with E-state index in [-0.39, 0.29) is 11.9 Å². The molecule has 1 aliphatic heterocycles. The van der Waals surface area contributed by atoms with Gasteiger partial charge in [-0.2, -0.15) is 0 Å². The highest BCUT2D eigenvalue weighted by molar-refractivity contribution is 7.10. The average Bonchev–Trinajstić information content (AvgIpc) is 3.24. The van der Waals surface area contributed by atoms with Crippen LogP contribution in [0, 0.1) is 13.8 Å². The van der Waals surface area contributed by atoms with Crippen LogP contribution in [-0.4, -0.2) is 23.9 Å². The molecule has 3 nitrogen and oxygen atoms in total. The van der Waals surface area contributed by atoms with Gasteiger partial charge >= 0.3 is 0 Å². The van der Waals surface area contributed by atoms with E-state index < -0.39 is 0 Å². The van der Waals surface area contributed by atoms with Crippen molar-refractivity contribution >= 4 is 17.2 Å². The lowest BCUT2D eigenvalue weighted by Crippen LogP contribution is -2.40. The molecule has 0 fully saturated rings. The molecule has 0 radical (unpaired) electrons. The predicted molar refractivity (Wildman–Crippen MR) is 116 cm³/mol. The minimum atomic E-state index is 0.00191. The minimum absolute atomic E-state index is 0.00191. The van der Waals surface area contributed by atoms with Crippen LogP contribution in [0.4, 0.5) is 0 Å². The van der Waals surface area contributed by atoms with E-state index >= 15 is 0 Å². The van der Waals surface area contributed by atoms with Crippen LogP contribution in [0.1, 0.15) is 43.5 Å². The number of carbonyl (C=O) groups excluding carboxylic acids is 1. The highest BCUT2D eigenvalue weighted by Gasteiger charge is 2.26. The summed E-state index contributed by atoms with van der Waals surface area (Å²) in [6, 6.07) is 19.1. The summed E-state index contributed by atoms with van der Waals surface area (Å²) in [5.74, 6) is 0.00191. The molecule has 0 saturated carbocycles. The van der Waals surface area contributed by atoms with Gasteiger partial charge in [0.15, 0.2) is 0 Å². The van der Waals surface area contributed by atoms with Crippen LogP contribution >= 0.6 is 11.3 Å². The number of rotatable bonds is 5. The molecule has 0 saturated heterocycles. The maximum Gasteiger partial charge on any atom is 0.251 e. The summed E-state index contributed by atoms with van der Waals surface area (Å²) in [6.07, 6.45) is 1.06. The van der Waals surface area contributed by atoms with Gasteiger partial charge in [0.25, 0.3) is 5.91 Å². The number of aryl methyl sites for hydroxylation is 2. The van der Waals surface area contributed by atoms with Crippen LogP contribution in [0.15, 0.2) is 60.0 Å². The Labute approximate surface area is 171 Å². The SMILES string of the molecule is Cc1ccc(C(=O)NCC(c2cccs2)N2CCc3ccccc3C2)cc1C. The molecule has 1 unspecified atom stereocenters. The molecule has 4 heteroatoms. The van der Waals surface area contributed by atoms with Gasteiger partial charge in [0, 0.05) is 30.1 Å². The van der Waals surface area contributed by atoms with Gasteiger partial charge in [-0.3, -0.25) is 9.69 Å². The summed E-state index contributed by atoms with van der Waals surface area (Å²) in [4.78, 5) is 16.5. The number of fused-ring (bicyclic) bond motifs is 1. The molecule has 1 atom stereocenters. The second-order valence-corrected chi connectivity index (χ2v) is 8.51. The molecule has 0 spiro atoms. The number of thiophene rings is 1. The second-order valence-electron chi connectivity index (χ2n) is 7.53. The number of nitrogens with one attached hydrogen (secondary N) is 1. The first-order chi connectivity index (χ1) is 13.6. The molecule has 28 heavy (non-hydrogen) atoms. The molecule has 3 aromatic rings. The van der Waals surface area contributed by atoms with Crippen molar-refractivity contribution in [3.05, 3.63) is 92.7 Å². The molecule has 0 aliphatic carbocycles. The van der Waals surface area contributed by atoms with E-state index in [1.54, 1.807) is 11.3 Å². The van der Waals surface area contributed by atoms with Crippen molar-refractivity contribution in [3.8, 4) is 0 Å². The number of benzene rings is 2. The van der Waals surface area contributed by atoms with E-state index in [2.05, 4.69) is 58.9 Å². The van der Waals surface area contributed by atoms with Crippen molar-refractivity contribution in [3.63, 3.8) is 0 Å². The summed E-state index contributed by atoms with van der Waals surface area (Å²) in [5, 5.41) is 5.30. The summed E-state index contributed by atoms with van der Waals surface area (Å²) in [5.41, 5.74) is 5.94. The Balaban J connectivity index is 1.50. The number of hydrogen-bond donors (Lipinski definition) is 1. The molecule has 1 N–H and O–H groups in total. The van der Waals surface area contributed by atoms with Crippen molar-refractivity contribution in [1.29, 1.82) is 0 Å². The van der Waals surface area contributed by atoms with Crippen molar-refractivity contribution in [2.75, 3.05) is 13.1 Å². The summed E-state index contributed by atoms with van der Waals surface area (Å²) >= 11 is 1.76. The first kappa shape index (κ1) is 18.9. The highest BCUT2D eigenvalue weighted by atomic mass is 32.1. The Morgan fingerprint density at radius 1 is 1.07 bits per heavy atom. The number of amides is 1. The zero-order chi connectivity index (χ0) is 19.5. The summed E-state index contributed by atoms with van der Waals surface area (Å²) in [7, 11) is 0. The average molecular weight is 391 g/mol. The fourth-order valence-corrected chi connectivity index (χ4v) is 4.71. The van der Waals surface area contributed by atoms with Crippen LogP contribution in [0.5, 0.6) is 0 Å². The highest BCUT2D eigenvalue weighted by Crippen LogP contribution is 2.30. The van der Waals surface area contributed by atoms with Crippen LogP contribution in [-0.2, 0) is 13.0 Å². The Kier molecular flexibility index (Phi) is 5.60. The molecular formula is C24H26N2OS. The van der Waals surface area contributed by atoms with Crippen LogP contribution in [0.2, 0.25) is 0 Å². The molecule has 1 aliphatic rings. The van der Waals surface area contributed by atoms with Gasteiger partial charge in [-0.25, -0.2) is 0 Å². The Morgan fingerprint density at radius 3 is 2.64 bits per heavy atom. The normalized spacial score (nSPS) is 15.1. The molecule has 1 amide bonds. The summed E-state index contributed by atoms with van der Waals surface area (Å²) < 4.78 is 0. The van der Waals surface area contributed by atoms with E-state index in [0.717, 1.165) is 30.6 Å². The van der Waals surface area contributed by atoms with Crippen molar-refractivity contribution in [1.82, 2.24) is 10.2 Å². The third-order valence-corrected chi connectivity index (χ3v) is 6.67.